The molecule has 4 fully saturated rings. The molecule has 7 aliphatic rings. The number of aliphatic hydroxyl groups is 1. The van der Waals surface area contributed by atoms with Gasteiger partial charge < -0.3 is 41.0 Å². The van der Waals surface area contributed by atoms with E-state index in [0.29, 0.717) is 62.4 Å². The maximum absolute atomic E-state index is 12.4. The molecule has 280 valence electrons. The molecule has 5 heterocycles. The fourth-order valence-corrected chi connectivity index (χ4v) is 10.5. The number of aliphatic imine (C=N–C) groups is 1. The zero-order valence-electron chi connectivity index (χ0n) is 30.6. The van der Waals surface area contributed by atoms with Gasteiger partial charge in [-0.3, -0.25) is 9.69 Å². The number of carbonyl (C=O) groups excluding carboxylic acids is 1. The van der Waals surface area contributed by atoms with Crippen molar-refractivity contribution in [3.8, 4) is 23.3 Å². The van der Waals surface area contributed by atoms with Crippen LogP contribution in [0, 0.1) is 40.4 Å². The molecule has 0 aromatic heterocycles. The van der Waals surface area contributed by atoms with E-state index in [4.69, 9.17) is 20.2 Å². The van der Waals surface area contributed by atoms with Gasteiger partial charge in [-0.2, -0.15) is 0 Å². The van der Waals surface area contributed by atoms with Gasteiger partial charge in [0.1, 0.15) is 12.2 Å². The van der Waals surface area contributed by atoms with Crippen molar-refractivity contribution in [3.05, 3.63) is 23.8 Å². The molecule has 11 nitrogen and oxygen atoms in total. The highest BCUT2D eigenvalue weighted by molar-refractivity contribution is 5.77. The number of nitrogens with zero attached hydrogens (tertiary/aromatic N) is 3. The second kappa shape index (κ2) is 15.9. The minimum atomic E-state index is -0.652. The van der Waals surface area contributed by atoms with Crippen LogP contribution < -0.4 is 21.1 Å². The zero-order valence-corrected chi connectivity index (χ0v) is 30.6. The molecule has 3 saturated heterocycles. The molecule has 5 aliphatic heterocycles. The monoisotopic (exact) mass is 704 g/mol. The second-order valence-electron chi connectivity index (χ2n) is 16.7. The van der Waals surface area contributed by atoms with Crippen LogP contribution in [0.4, 0.5) is 0 Å². The lowest BCUT2D eigenvalue weighted by Crippen LogP contribution is -2.57. The molecule has 2 unspecified atom stereocenters. The van der Waals surface area contributed by atoms with Crippen LogP contribution in [0.5, 0.6) is 11.5 Å². The molecule has 0 radical (unpaired) electrons. The Hall–Kier alpha value is -3.04. The first kappa shape index (κ1) is 36.3. The van der Waals surface area contributed by atoms with Crippen LogP contribution in [0.1, 0.15) is 83.1 Å². The van der Waals surface area contributed by atoms with Gasteiger partial charge in [0.15, 0.2) is 17.5 Å². The molecule has 11 heteroatoms. The fourth-order valence-electron chi connectivity index (χ4n) is 10.5. The summed E-state index contributed by atoms with van der Waals surface area (Å²) >= 11 is 0. The van der Waals surface area contributed by atoms with E-state index in [1.54, 1.807) is 6.07 Å². The fraction of sp³-hybridized carbons (Fsp3) is 0.750. The third-order valence-electron chi connectivity index (χ3n) is 12.9. The van der Waals surface area contributed by atoms with E-state index in [0.717, 1.165) is 83.5 Å². The van der Waals surface area contributed by atoms with Crippen LogP contribution in [0.2, 0.25) is 0 Å². The second-order valence-corrected chi connectivity index (χ2v) is 16.7. The average Bonchev–Trinajstić information content (AvgIpc) is 3.58. The average molecular weight is 705 g/mol. The Morgan fingerprint density at radius 3 is 2.55 bits per heavy atom. The normalized spacial score (nSPS) is 35.7. The number of benzene rings is 1. The highest BCUT2D eigenvalue weighted by Gasteiger charge is 2.53. The lowest BCUT2D eigenvalue weighted by molar-refractivity contribution is -0.151. The summed E-state index contributed by atoms with van der Waals surface area (Å²) in [6, 6.07) is 5.54. The first-order valence-electron chi connectivity index (χ1n) is 19.7. The number of fused-ring (bicyclic) bond motifs is 3. The molecule has 51 heavy (non-hydrogen) atoms. The molecule has 1 aromatic rings. The Morgan fingerprint density at radius 2 is 1.80 bits per heavy atom. The van der Waals surface area contributed by atoms with Gasteiger partial charge in [0.2, 0.25) is 0 Å². The molecule has 6 N–H and O–H groups in total. The third-order valence-corrected chi connectivity index (χ3v) is 12.9. The molecule has 8 atom stereocenters. The summed E-state index contributed by atoms with van der Waals surface area (Å²) in [6.45, 7) is 9.86. The summed E-state index contributed by atoms with van der Waals surface area (Å²) in [5, 5.41) is 29.3. The molecule has 1 saturated carbocycles. The van der Waals surface area contributed by atoms with Gasteiger partial charge >= 0.3 is 5.97 Å². The van der Waals surface area contributed by atoms with E-state index in [2.05, 4.69) is 32.3 Å². The van der Waals surface area contributed by atoms with Crippen molar-refractivity contribution in [1.82, 2.24) is 20.4 Å². The van der Waals surface area contributed by atoms with E-state index in [1.807, 2.05) is 12.1 Å². The number of nitrogens with one attached hydrogen (secondary N) is 2. The summed E-state index contributed by atoms with van der Waals surface area (Å²) in [5.74, 6) is 9.50. The summed E-state index contributed by atoms with van der Waals surface area (Å²) in [4.78, 5) is 22.5. The van der Waals surface area contributed by atoms with Crippen LogP contribution in [0.25, 0.3) is 0 Å². The van der Waals surface area contributed by atoms with Gasteiger partial charge in [0.25, 0.3) is 0 Å². The van der Waals surface area contributed by atoms with E-state index in [1.165, 1.54) is 26.2 Å². The van der Waals surface area contributed by atoms with Gasteiger partial charge in [-0.15, -0.1) is 5.92 Å². The number of carbonyl (C=O) groups is 1. The Morgan fingerprint density at radius 1 is 1.06 bits per heavy atom. The quantitative estimate of drug-likeness (QED) is 0.229. The van der Waals surface area contributed by atoms with Gasteiger partial charge in [-0.05, 0) is 94.0 Å². The number of aliphatic hydroxyl groups excluding tert-OH is 1. The van der Waals surface area contributed by atoms with Crippen molar-refractivity contribution in [3.63, 3.8) is 0 Å². The first-order valence-corrected chi connectivity index (χ1v) is 19.7. The molecular weight excluding hydrogens is 644 g/mol. The van der Waals surface area contributed by atoms with Crippen LogP contribution in [-0.2, 0) is 16.0 Å². The highest BCUT2D eigenvalue weighted by atomic mass is 16.5. The number of hydrogen-bond acceptors (Lipinski definition) is 11. The standard InChI is InChI=1S/C40H60N6O5/c1-28(47)50-36-20-33(48)8-14-39(13-4-5-32(36)18-29-6-7-35(49)37(19-29)51-34-9-15-42-16-10-34)25-43-38(41)44-27-46-23-30-17-31(24-46)22-45(21-30)26-40(39)11-2-3-12-40/h6-7,19,30-34,36,42,48-49H,2-3,5,8-12,14-18,20-27H2,1H3,(H3,41,43,44)/t30-,31+,32-,33+,36+,39+/m1/s1. The Labute approximate surface area is 304 Å². The topological polar surface area (TPSA) is 145 Å². The van der Waals surface area contributed by atoms with Gasteiger partial charge in [-0.1, -0.05) is 24.8 Å². The number of piperidine rings is 3. The van der Waals surface area contributed by atoms with Crippen molar-refractivity contribution in [2.24, 2.45) is 39.3 Å². The Bertz CT molecular complexity index is 1450. The smallest absolute Gasteiger partial charge is 0.302 e. The molecule has 8 rings (SSSR count). The number of hydrogen-bond donors (Lipinski definition) is 5. The minimum Gasteiger partial charge on any atom is -0.504 e. The zero-order chi connectivity index (χ0) is 35.4. The van der Waals surface area contributed by atoms with Crippen molar-refractivity contribution in [2.45, 2.75) is 102 Å². The van der Waals surface area contributed by atoms with Gasteiger partial charge in [-0.25, -0.2) is 4.99 Å². The number of esters is 1. The predicted molar refractivity (Wildman–Crippen MR) is 197 cm³/mol. The highest BCUT2D eigenvalue weighted by Crippen LogP contribution is 2.55. The van der Waals surface area contributed by atoms with E-state index < -0.39 is 17.6 Å². The summed E-state index contributed by atoms with van der Waals surface area (Å²) in [7, 11) is 0. The van der Waals surface area contributed by atoms with Crippen LogP contribution >= 0.6 is 0 Å². The van der Waals surface area contributed by atoms with Gasteiger partial charge in [0, 0.05) is 70.4 Å². The number of ether oxygens (including phenoxy) is 2. The number of aromatic hydroxyl groups is 1. The molecular formula is C40H60N6O5. The molecule has 2 aliphatic carbocycles. The summed E-state index contributed by atoms with van der Waals surface area (Å²) < 4.78 is 12.2. The number of guanidine groups is 1. The largest absolute Gasteiger partial charge is 0.504 e. The third kappa shape index (κ3) is 8.62. The first-order chi connectivity index (χ1) is 24.7. The molecule has 4 bridgehead atoms. The number of nitrogens with two attached hydrogens (primary N) is 1. The van der Waals surface area contributed by atoms with Crippen LogP contribution in [0.3, 0.4) is 0 Å². The maximum Gasteiger partial charge on any atom is 0.302 e. The van der Waals surface area contributed by atoms with E-state index >= 15 is 0 Å². The van der Waals surface area contributed by atoms with Crippen molar-refractivity contribution >= 4 is 11.9 Å². The molecule has 2 spiro atoms. The van der Waals surface area contributed by atoms with Crippen LogP contribution in [-0.4, -0.2) is 109 Å². The maximum atomic E-state index is 12.4. The van der Waals surface area contributed by atoms with Crippen molar-refractivity contribution in [1.29, 1.82) is 0 Å². The van der Waals surface area contributed by atoms with Crippen LogP contribution in [0.15, 0.2) is 23.2 Å². The summed E-state index contributed by atoms with van der Waals surface area (Å²) in [5.41, 5.74) is 7.11. The number of rotatable bonds is 5. The lowest BCUT2D eigenvalue weighted by Gasteiger charge is -2.52. The Balaban J connectivity index is 1.21. The van der Waals surface area contributed by atoms with E-state index in [-0.39, 0.29) is 29.2 Å². The van der Waals surface area contributed by atoms with Crippen molar-refractivity contribution in [2.75, 3.05) is 59.0 Å². The number of phenolic OH excluding ortho intramolecular Hbond substituents is 1. The molecule has 0 amide bonds. The SMILES string of the molecule is CC(=O)O[C@H]1C[C@@H](O)CC[C@@]2(C#CC[C@@H]1Cc1ccc(O)c(OC3CCNCC3)c1)CNC(N)=NCN1C[C@H]3C[C@@H](C1)CN(C3)CC21CCCC1. The Kier molecular flexibility index (Phi) is 11.3. The molecule has 1 aromatic carbocycles. The minimum absolute atomic E-state index is 0.0335. The van der Waals surface area contributed by atoms with E-state index in [9.17, 15) is 15.0 Å². The number of phenols is 1. The predicted octanol–water partition coefficient (Wildman–Crippen LogP) is 3.23. The lowest BCUT2D eigenvalue weighted by atomic mass is 9.59. The summed E-state index contributed by atoms with van der Waals surface area (Å²) in [6.07, 6.45) is 9.33. The van der Waals surface area contributed by atoms with Gasteiger partial charge in [0.05, 0.1) is 18.2 Å². The van der Waals surface area contributed by atoms with Crippen molar-refractivity contribution < 1.29 is 24.5 Å².